The highest BCUT2D eigenvalue weighted by atomic mass is 16.6. The summed E-state index contributed by atoms with van der Waals surface area (Å²) in [5.74, 6) is -0.0363. The van der Waals surface area contributed by atoms with Gasteiger partial charge >= 0.3 is 0 Å². The Morgan fingerprint density at radius 2 is 2.00 bits per heavy atom. The lowest BCUT2D eigenvalue weighted by molar-refractivity contribution is -0.146. The molecule has 0 saturated carbocycles. The number of oxime groups is 1. The van der Waals surface area contributed by atoms with E-state index in [9.17, 15) is 9.90 Å². The average Bonchev–Trinajstić information content (AvgIpc) is 3.07. The van der Waals surface area contributed by atoms with Gasteiger partial charge in [-0.3, -0.25) is 9.78 Å². The summed E-state index contributed by atoms with van der Waals surface area (Å²) in [6.45, 7) is 4.85. The highest BCUT2D eigenvalue weighted by molar-refractivity contribution is 5.91. The van der Waals surface area contributed by atoms with Crippen LogP contribution < -0.4 is 0 Å². The Hall–Kier alpha value is -2.47. The third kappa shape index (κ3) is 3.05. The molecule has 1 unspecified atom stereocenters. The second-order valence-corrected chi connectivity index (χ2v) is 7.34. The van der Waals surface area contributed by atoms with Crippen molar-refractivity contribution in [2.45, 2.75) is 44.8 Å². The molecule has 3 heterocycles. The number of likely N-dealkylation sites (tertiary alicyclic amines) is 1. The normalized spacial score (nSPS) is 22.2. The zero-order valence-corrected chi connectivity index (χ0v) is 15.1. The lowest BCUT2D eigenvalue weighted by Gasteiger charge is -2.39. The maximum atomic E-state index is 12.5. The Bertz CT molecular complexity index is 885. The van der Waals surface area contributed by atoms with Crippen molar-refractivity contribution in [3.63, 3.8) is 0 Å². The summed E-state index contributed by atoms with van der Waals surface area (Å²) >= 11 is 0. The first-order chi connectivity index (χ1) is 12.4. The molecule has 136 valence electrons. The van der Waals surface area contributed by atoms with E-state index in [0.717, 1.165) is 27.9 Å². The number of nitrogens with zero attached hydrogens (tertiary/aromatic N) is 3. The summed E-state index contributed by atoms with van der Waals surface area (Å²) in [6.07, 6.45) is 1.07. The van der Waals surface area contributed by atoms with Gasteiger partial charge in [-0.15, -0.1) is 0 Å². The van der Waals surface area contributed by atoms with Crippen LogP contribution in [0.15, 0.2) is 35.5 Å². The second-order valence-electron chi connectivity index (χ2n) is 7.34. The topological polar surface area (TPSA) is 75.0 Å². The van der Waals surface area contributed by atoms with Gasteiger partial charge in [0.25, 0.3) is 5.91 Å². The van der Waals surface area contributed by atoms with Crippen LogP contribution in [-0.2, 0) is 15.2 Å². The van der Waals surface area contributed by atoms with Crippen molar-refractivity contribution in [2.75, 3.05) is 13.1 Å². The molecule has 2 aromatic rings. The Morgan fingerprint density at radius 3 is 2.69 bits per heavy atom. The summed E-state index contributed by atoms with van der Waals surface area (Å²) < 4.78 is 0. The first kappa shape index (κ1) is 17.0. The Balaban J connectivity index is 1.47. The van der Waals surface area contributed by atoms with Crippen LogP contribution in [-0.4, -0.2) is 45.8 Å². The van der Waals surface area contributed by atoms with Crippen LogP contribution in [0.2, 0.25) is 0 Å². The van der Waals surface area contributed by atoms with Gasteiger partial charge in [0.2, 0.25) is 6.10 Å². The number of pyridine rings is 1. The fourth-order valence-corrected chi connectivity index (χ4v) is 3.74. The van der Waals surface area contributed by atoms with Crippen LogP contribution in [0.25, 0.3) is 10.9 Å². The maximum Gasteiger partial charge on any atom is 0.266 e. The molecule has 0 bridgehead atoms. The largest absolute Gasteiger partial charge is 0.385 e. The third-order valence-corrected chi connectivity index (χ3v) is 5.36. The number of aryl methyl sites for hydroxylation is 1. The lowest BCUT2D eigenvalue weighted by Crippen LogP contribution is -2.48. The van der Waals surface area contributed by atoms with Gasteiger partial charge in [-0.2, -0.15) is 0 Å². The number of aromatic nitrogens is 1. The molecule has 26 heavy (non-hydrogen) atoms. The maximum absolute atomic E-state index is 12.5. The zero-order valence-electron chi connectivity index (χ0n) is 15.1. The van der Waals surface area contributed by atoms with Crippen LogP contribution >= 0.6 is 0 Å². The van der Waals surface area contributed by atoms with Gasteiger partial charge in [0.1, 0.15) is 0 Å². The van der Waals surface area contributed by atoms with E-state index in [1.807, 2.05) is 44.2 Å². The van der Waals surface area contributed by atoms with E-state index < -0.39 is 11.7 Å². The fourth-order valence-electron chi connectivity index (χ4n) is 3.74. The van der Waals surface area contributed by atoms with Gasteiger partial charge in [0, 0.05) is 30.6 Å². The molecular weight excluding hydrogens is 330 g/mol. The van der Waals surface area contributed by atoms with E-state index in [1.165, 1.54) is 0 Å². The van der Waals surface area contributed by atoms with E-state index >= 15 is 0 Å². The molecule has 0 radical (unpaired) electrons. The number of piperidine rings is 1. The minimum Gasteiger partial charge on any atom is -0.385 e. The van der Waals surface area contributed by atoms with Crippen molar-refractivity contribution < 1.29 is 14.7 Å². The molecule has 1 N–H and O–H groups in total. The molecular formula is C20H23N3O3. The van der Waals surface area contributed by atoms with E-state index in [2.05, 4.69) is 10.1 Å². The van der Waals surface area contributed by atoms with Crippen molar-refractivity contribution in [3.8, 4) is 0 Å². The van der Waals surface area contributed by atoms with Crippen molar-refractivity contribution in [2.24, 2.45) is 5.16 Å². The standard InChI is InChI=1S/C20H23N3O3/c1-13-3-4-15-12-16(5-6-17(15)21-13)20(25)7-9-23(10-8-20)19(24)18-11-14(2)22-26-18/h3-6,12,18,25H,7-11H2,1-2H3. The quantitative estimate of drug-likeness (QED) is 0.900. The van der Waals surface area contributed by atoms with Gasteiger partial charge in [-0.25, -0.2) is 0 Å². The minimum atomic E-state index is -0.918. The lowest BCUT2D eigenvalue weighted by atomic mass is 9.83. The summed E-state index contributed by atoms with van der Waals surface area (Å²) in [4.78, 5) is 24.0. The third-order valence-electron chi connectivity index (χ3n) is 5.36. The summed E-state index contributed by atoms with van der Waals surface area (Å²) in [5.41, 5.74) is 2.72. The number of hydrogen-bond donors (Lipinski definition) is 1. The number of benzene rings is 1. The molecule has 1 aromatic carbocycles. The van der Waals surface area contributed by atoms with Crippen LogP contribution in [0, 0.1) is 6.92 Å². The number of aliphatic hydroxyl groups is 1. The molecule has 6 nitrogen and oxygen atoms in total. The molecule has 2 aliphatic rings. The van der Waals surface area contributed by atoms with E-state index in [0.29, 0.717) is 32.4 Å². The number of amides is 1. The van der Waals surface area contributed by atoms with Crippen molar-refractivity contribution in [3.05, 3.63) is 41.6 Å². The van der Waals surface area contributed by atoms with Crippen LogP contribution in [0.3, 0.4) is 0 Å². The van der Waals surface area contributed by atoms with Gasteiger partial charge in [0.15, 0.2) is 0 Å². The highest BCUT2D eigenvalue weighted by Crippen LogP contribution is 2.34. The zero-order chi connectivity index (χ0) is 18.3. The molecule has 0 spiro atoms. The molecule has 1 aromatic heterocycles. The molecule has 6 heteroatoms. The molecule has 0 aliphatic carbocycles. The average molecular weight is 353 g/mol. The molecule has 4 rings (SSSR count). The number of carbonyl (C=O) groups is 1. The highest BCUT2D eigenvalue weighted by Gasteiger charge is 2.38. The summed E-state index contributed by atoms with van der Waals surface area (Å²) in [5, 5.41) is 16.0. The first-order valence-electron chi connectivity index (χ1n) is 9.03. The smallest absolute Gasteiger partial charge is 0.266 e. The minimum absolute atomic E-state index is 0.0363. The Morgan fingerprint density at radius 1 is 1.23 bits per heavy atom. The van der Waals surface area contributed by atoms with Crippen LogP contribution in [0.1, 0.15) is 37.4 Å². The predicted octanol–water partition coefficient (Wildman–Crippen LogP) is 2.52. The van der Waals surface area contributed by atoms with Gasteiger partial charge in [-0.1, -0.05) is 17.3 Å². The summed E-state index contributed by atoms with van der Waals surface area (Å²) in [6, 6.07) is 9.92. The van der Waals surface area contributed by atoms with E-state index in [1.54, 1.807) is 4.90 Å². The van der Waals surface area contributed by atoms with Gasteiger partial charge in [-0.05, 0) is 50.5 Å². The van der Waals surface area contributed by atoms with E-state index in [-0.39, 0.29) is 5.91 Å². The fraction of sp³-hybridized carbons (Fsp3) is 0.450. The van der Waals surface area contributed by atoms with Crippen molar-refractivity contribution in [1.29, 1.82) is 0 Å². The number of carbonyl (C=O) groups excluding carboxylic acids is 1. The molecule has 1 saturated heterocycles. The van der Waals surface area contributed by atoms with Crippen molar-refractivity contribution in [1.82, 2.24) is 9.88 Å². The number of rotatable bonds is 2. The molecule has 1 atom stereocenters. The van der Waals surface area contributed by atoms with Gasteiger partial charge in [0.05, 0.1) is 16.8 Å². The Labute approximate surface area is 152 Å². The molecule has 1 amide bonds. The van der Waals surface area contributed by atoms with E-state index in [4.69, 9.17) is 4.84 Å². The SMILES string of the molecule is CC1=NOC(C(=O)N2CCC(O)(c3ccc4nc(C)ccc4c3)CC2)C1. The first-order valence-corrected chi connectivity index (χ1v) is 9.03. The number of hydrogen-bond acceptors (Lipinski definition) is 5. The van der Waals surface area contributed by atoms with Crippen molar-refractivity contribution >= 4 is 22.5 Å². The second kappa shape index (κ2) is 6.36. The predicted molar refractivity (Wildman–Crippen MR) is 98.8 cm³/mol. The monoisotopic (exact) mass is 353 g/mol. The number of fused-ring (bicyclic) bond motifs is 1. The molecule has 2 aliphatic heterocycles. The Kier molecular flexibility index (Phi) is 4.15. The summed E-state index contributed by atoms with van der Waals surface area (Å²) in [7, 11) is 0. The molecule has 1 fully saturated rings. The van der Waals surface area contributed by atoms with Crippen LogP contribution in [0.5, 0.6) is 0 Å². The van der Waals surface area contributed by atoms with Gasteiger partial charge < -0.3 is 14.8 Å². The van der Waals surface area contributed by atoms with Crippen LogP contribution in [0.4, 0.5) is 0 Å².